The fourth-order valence-corrected chi connectivity index (χ4v) is 2.81. The molecule has 0 aromatic rings. The van der Waals surface area contributed by atoms with E-state index in [1.807, 2.05) is 0 Å². The highest BCUT2D eigenvalue weighted by Crippen LogP contribution is 2.22. The van der Waals surface area contributed by atoms with Crippen LogP contribution in [0.5, 0.6) is 0 Å². The van der Waals surface area contributed by atoms with Crippen molar-refractivity contribution in [2.75, 3.05) is 26.7 Å². The Hall–Kier alpha value is -0.120. The molecule has 2 aliphatic rings. The van der Waals surface area contributed by atoms with Crippen molar-refractivity contribution >= 4 is 0 Å². The Labute approximate surface area is 93.2 Å². The van der Waals surface area contributed by atoms with Gasteiger partial charge in [-0.15, -0.1) is 0 Å². The van der Waals surface area contributed by atoms with E-state index in [9.17, 15) is 0 Å². The second kappa shape index (κ2) is 5.28. The molecule has 3 nitrogen and oxygen atoms in total. The van der Waals surface area contributed by atoms with Crippen molar-refractivity contribution in [3.05, 3.63) is 0 Å². The standard InChI is InChI=1S/C12H24N2O/c1-10(12-4-3-9-15-12)14-7-5-11(13-2)6-8-14/h10-13H,3-9H2,1-2H3. The van der Waals surface area contributed by atoms with Gasteiger partial charge in [0.1, 0.15) is 0 Å². The van der Waals surface area contributed by atoms with E-state index in [0.717, 1.165) is 12.6 Å². The van der Waals surface area contributed by atoms with E-state index >= 15 is 0 Å². The van der Waals surface area contributed by atoms with Gasteiger partial charge in [0.25, 0.3) is 0 Å². The predicted molar refractivity (Wildman–Crippen MR) is 62.1 cm³/mol. The van der Waals surface area contributed by atoms with Crippen molar-refractivity contribution in [3.63, 3.8) is 0 Å². The molecule has 2 aliphatic heterocycles. The van der Waals surface area contributed by atoms with Gasteiger partial charge in [-0.25, -0.2) is 0 Å². The van der Waals surface area contributed by atoms with E-state index in [-0.39, 0.29) is 0 Å². The van der Waals surface area contributed by atoms with Crippen molar-refractivity contribution in [1.82, 2.24) is 10.2 Å². The first kappa shape index (κ1) is 11.4. The minimum Gasteiger partial charge on any atom is -0.377 e. The number of likely N-dealkylation sites (tertiary alicyclic amines) is 1. The van der Waals surface area contributed by atoms with Crippen molar-refractivity contribution in [3.8, 4) is 0 Å². The lowest BCUT2D eigenvalue weighted by Gasteiger charge is -2.38. The highest BCUT2D eigenvalue weighted by atomic mass is 16.5. The molecular formula is C12H24N2O. The molecule has 0 aliphatic carbocycles. The van der Waals surface area contributed by atoms with Gasteiger partial charge in [0.15, 0.2) is 0 Å². The van der Waals surface area contributed by atoms with Crippen LogP contribution in [-0.4, -0.2) is 49.8 Å². The molecule has 3 heteroatoms. The van der Waals surface area contributed by atoms with Gasteiger partial charge in [-0.05, 0) is 39.7 Å². The molecule has 2 heterocycles. The Morgan fingerprint density at radius 3 is 2.53 bits per heavy atom. The molecule has 2 atom stereocenters. The Bertz CT molecular complexity index is 184. The summed E-state index contributed by atoms with van der Waals surface area (Å²) in [5.41, 5.74) is 0. The molecule has 15 heavy (non-hydrogen) atoms. The second-order valence-corrected chi connectivity index (χ2v) is 4.89. The van der Waals surface area contributed by atoms with Crippen LogP contribution < -0.4 is 5.32 Å². The van der Waals surface area contributed by atoms with Crippen LogP contribution >= 0.6 is 0 Å². The highest BCUT2D eigenvalue weighted by Gasteiger charge is 2.29. The van der Waals surface area contributed by atoms with Crippen molar-refractivity contribution in [1.29, 1.82) is 0 Å². The summed E-state index contributed by atoms with van der Waals surface area (Å²) in [5, 5.41) is 3.38. The van der Waals surface area contributed by atoms with E-state index in [4.69, 9.17) is 4.74 Å². The number of nitrogens with zero attached hydrogens (tertiary/aromatic N) is 1. The molecular weight excluding hydrogens is 188 g/mol. The van der Waals surface area contributed by atoms with Crippen LogP contribution in [0.2, 0.25) is 0 Å². The van der Waals surface area contributed by atoms with Gasteiger partial charge >= 0.3 is 0 Å². The molecule has 1 N–H and O–H groups in total. The monoisotopic (exact) mass is 212 g/mol. The summed E-state index contributed by atoms with van der Waals surface area (Å²) in [6, 6.07) is 1.35. The fraction of sp³-hybridized carbons (Fsp3) is 1.00. The quantitative estimate of drug-likeness (QED) is 0.762. The number of hydrogen-bond donors (Lipinski definition) is 1. The molecule has 0 saturated carbocycles. The normalized spacial score (nSPS) is 32.0. The van der Waals surface area contributed by atoms with E-state index in [2.05, 4.69) is 24.2 Å². The first-order valence-corrected chi connectivity index (χ1v) is 6.34. The Morgan fingerprint density at radius 1 is 1.27 bits per heavy atom. The molecule has 0 aromatic heterocycles. The van der Waals surface area contributed by atoms with Gasteiger partial charge in [0.05, 0.1) is 6.10 Å². The summed E-state index contributed by atoms with van der Waals surface area (Å²) in [6.45, 7) is 5.76. The molecule has 2 fully saturated rings. The molecule has 0 bridgehead atoms. The third-order valence-electron chi connectivity index (χ3n) is 4.02. The first-order chi connectivity index (χ1) is 7.31. The molecule has 0 radical (unpaired) electrons. The van der Waals surface area contributed by atoms with Gasteiger partial charge in [-0.2, -0.15) is 0 Å². The number of hydrogen-bond acceptors (Lipinski definition) is 3. The Kier molecular flexibility index (Phi) is 4.00. The molecule has 2 rings (SSSR count). The number of ether oxygens (including phenoxy) is 1. The molecule has 2 saturated heterocycles. The minimum atomic E-state index is 0.496. The maximum atomic E-state index is 5.76. The van der Waals surface area contributed by atoms with Crippen LogP contribution in [0.4, 0.5) is 0 Å². The van der Waals surface area contributed by atoms with Crippen LogP contribution in [0, 0.1) is 0 Å². The summed E-state index contributed by atoms with van der Waals surface area (Å²) in [6.07, 6.45) is 5.58. The van der Waals surface area contributed by atoms with Crippen LogP contribution in [-0.2, 0) is 4.74 Å². The summed E-state index contributed by atoms with van der Waals surface area (Å²) in [7, 11) is 2.07. The highest BCUT2D eigenvalue weighted by molar-refractivity contribution is 4.84. The van der Waals surface area contributed by atoms with Gasteiger partial charge in [-0.1, -0.05) is 0 Å². The van der Waals surface area contributed by atoms with E-state index < -0.39 is 0 Å². The lowest BCUT2D eigenvalue weighted by atomic mass is 10.0. The Balaban J connectivity index is 1.78. The summed E-state index contributed by atoms with van der Waals surface area (Å²) >= 11 is 0. The van der Waals surface area contributed by atoms with Crippen molar-refractivity contribution < 1.29 is 4.74 Å². The van der Waals surface area contributed by atoms with E-state index in [1.165, 1.54) is 38.8 Å². The van der Waals surface area contributed by atoms with Gasteiger partial charge in [-0.3, -0.25) is 4.90 Å². The number of nitrogens with one attached hydrogen (secondary N) is 1. The average Bonchev–Trinajstić information content (AvgIpc) is 2.82. The Morgan fingerprint density at radius 2 is 2.00 bits per heavy atom. The maximum Gasteiger partial charge on any atom is 0.0728 e. The van der Waals surface area contributed by atoms with Crippen LogP contribution in [0.15, 0.2) is 0 Å². The van der Waals surface area contributed by atoms with E-state index in [0.29, 0.717) is 12.1 Å². The maximum absolute atomic E-state index is 5.76. The summed E-state index contributed by atoms with van der Waals surface area (Å²) in [4.78, 5) is 2.60. The lowest BCUT2D eigenvalue weighted by molar-refractivity contribution is 0.0205. The van der Waals surface area contributed by atoms with Gasteiger partial charge in [0.2, 0.25) is 0 Å². The summed E-state index contributed by atoms with van der Waals surface area (Å²) < 4.78 is 5.76. The molecule has 2 unspecified atom stereocenters. The smallest absolute Gasteiger partial charge is 0.0728 e. The third-order valence-corrected chi connectivity index (χ3v) is 4.02. The molecule has 0 amide bonds. The fourth-order valence-electron chi connectivity index (χ4n) is 2.81. The average molecular weight is 212 g/mol. The molecule has 88 valence electrons. The third kappa shape index (κ3) is 2.71. The predicted octanol–water partition coefficient (Wildman–Crippen LogP) is 1.24. The molecule has 0 aromatic carbocycles. The minimum absolute atomic E-state index is 0.496. The van der Waals surface area contributed by atoms with Crippen molar-refractivity contribution in [2.45, 2.75) is 50.8 Å². The van der Waals surface area contributed by atoms with Gasteiger partial charge < -0.3 is 10.1 Å². The zero-order chi connectivity index (χ0) is 10.7. The molecule has 0 spiro atoms. The second-order valence-electron chi connectivity index (χ2n) is 4.89. The zero-order valence-corrected chi connectivity index (χ0v) is 10.0. The number of rotatable bonds is 3. The van der Waals surface area contributed by atoms with Crippen LogP contribution in [0.1, 0.15) is 32.6 Å². The van der Waals surface area contributed by atoms with Crippen molar-refractivity contribution in [2.24, 2.45) is 0 Å². The lowest BCUT2D eigenvalue weighted by Crippen LogP contribution is -2.48. The zero-order valence-electron chi connectivity index (χ0n) is 10.0. The topological polar surface area (TPSA) is 24.5 Å². The SMILES string of the molecule is CNC1CCN(C(C)C2CCCO2)CC1. The van der Waals surface area contributed by atoms with E-state index in [1.54, 1.807) is 0 Å². The first-order valence-electron chi connectivity index (χ1n) is 6.34. The number of piperidine rings is 1. The van der Waals surface area contributed by atoms with Crippen LogP contribution in [0.3, 0.4) is 0 Å². The van der Waals surface area contributed by atoms with Crippen LogP contribution in [0.25, 0.3) is 0 Å². The van der Waals surface area contributed by atoms with Gasteiger partial charge in [0, 0.05) is 31.8 Å². The largest absolute Gasteiger partial charge is 0.377 e. The summed E-state index contributed by atoms with van der Waals surface area (Å²) in [5.74, 6) is 0.